The van der Waals surface area contributed by atoms with Crippen LogP contribution in [0.1, 0.15) is 20.8 Å². The van der Waals surface area contributed by atoms with Gasteiger partial charge in [-0.25, -0.2) is 9.90 Å². The summed E-state index contributed by atoms with van der Waals surface area (Å²) in [6.07, 6.45) is 0. The Morgan fingerprint density at radius 2 is 2.00 bits per heavy atom. The summed E-state index contributed by atoms with van der Waals surface area (Å²) in [5, 5.41) is 12.1. The highest BCUT2D eigenvalue weighted by molar-refractivity contribution is 5.76. The lowest BCUT2D eigenvalue weighted by Gasteiger charge is -2.28. The smallest absolute Gasteiger partial charge is 0.316 e. The van der Waals surface area contributed by atoms with Crippen molar-refractivity contribution in [3.05, 3.63) is 30.3 Å². The molecule has 1 heterocycles. The van der Waals surface area contributed by atoms with Crippen LogP contribution in [0.2, 0.25) is 0 Å². The van der Waals surface area contributed by atoms with Crippen LogP contribution in [-0.2, 0) is 14.4 Å². The molecule has 0 spiro atoms. The summed E-state index contributed by atoms with van der Waals surface area (Å²) in [7, 11) is 1.32. The topological polar surface area (TPSA) is 59.0 Å². The lowest BCUT2D eigenvalue weighted by atomic mass is 9.86. The minimum Gasteiger partial charge on any atom is -0.469 e. The zero-order chi connectivity index (χ0) is 14.9. The van der Waals surface area contributed by atoms with Crippen molar-refractivity contribution in [3.8, 4) is 0 Å². The van der Waals surface area contributed by atoms with Crippen molar-refractivity contribution in [2.75, 3.05) is 12.2 Å². The number of carbonyl (C=O) groups excluding carboxylic acids is 1. The van der Waals surface area contributed by atoms with Crippen molar-refractivity contribution >= 4 is 11.7 Å². The SMILES string of the molecule is COC(=O)[C@@H]1[C@@H](C(C)C)N(c2ccccc2)O[C@@]1(C)O. The van der Waals surface area contributed by atoms with Gasteiger partial charge < -0.3 is 9.84 Å². The molecule has 0 amide bonds. The molecule has 1 fully saturated rings. The van der Waals surface area contributed by atoms with E-state index in [-0.39, 0.29) is 12.0 Å². The predicted molar refractivity (Wildman–Crippen MR) is 74.8 cm³/mol. The van der Waals surface area contributed by atoms with E-state index in [1.54, 1.807) is 5.06 Å². The largest absolute Gasteiger partial charge is 0.469 e. The Morgan fingerprint density at radius 3 is 2.50 bits per heavy atom. The quantitative estimate of drug-likeness (QED) is 0.857. The van der Waals surface area contributed by atoms with Gasteiger partial charge in [-0.2, -0.15) is 0 Å². The van der Waals surface area contributed by atoms with Crippen molar-refractivity contribution in [2.45, 2.75) is 32.6 Å². The number of para-hydroxylation sites is 1. The number of hydroxylamine groups is 1. The van der Waals surface area contributed by atoms with Gasteiger partial charge in [-0.3, -0.25) is 4.79 Å². The molecule has 0 aromatic heterocycles. The van der Waals surface area contributed by atoms with Crippen LogP contribution < -0.4 is 5.06 Å². The van der Waals surface area contributed by atoms with Gasteiger partial charge in [-0.05, 0) is 25.0 Å². The van der Waals surface area contributed by atoms with Gasteiger partial charge in [0.15, 0.2) is 0 Å². The van der Waals surface area contributed by atoms with E-state index in [9.17, 15) is 9.90 Å². The van der Waals surface area contributed by atoms with Gasteiger partial charge in [0.05, 0.1) is 18.8 Å². The molecule has 0 aliphatic carbocycles. The van der Waals surface area contributed by atoms with Gasteiger partial charge in [0.25, 0.3) is 0 Å². The highest BCUT2D eigenvalue weighted by Crippen LogP contribution is 2.41. The van der Waals surface area contributed by atoms with Crippen LogP contribution in [0, 0.1) is 11.8 Å². The van der Waals surface area contributed by atoms with E-state index in [2.05, 4.69) is 0 Å². The van der Waals surface area contributed by atoms with E-state index >= 15 is 0 Å². The van der Waals surface area contributed by atoms with Crippen molar-refractivity contribution in [3.63, 3.8) is 0 Å². The zero-order valence-corrected chi connectivity index (χ0v) is 12.2. The standard InChI is InChI=1S/C15H21NO4/c1-10(2)13-12(14(17)19-4)15(3,18)20-16(13)11-8-6-5-7-9-11/h5-10,12-13,18H,1-4H3/t12-,13+,15+/m0/s1. The highest BCUT2D eigenvalue weighted by atomic mass is 16.8. The number of carbonyl (C=O) groups is 1. The Balaban J connectivity index is 2.42. The van der Waals surface area contributed by atoms with Crippen LogP contribution in [0.4, 0.5) is 5.69 Å². The lowest BCUT2D eigenvalue weighted by molar-refractivity contribution is -0.198. The van der Waals surface area contributed by atoms with E-state index in [0.29, 0.717) is 0 Å². The van der Waals surface area contributed by atoms with Crippen LogP contribution >= 0.6 is 0 Å². The second-order valence-electron chi connectivity index (χ2n) is 5.54. The van der Waals surface area contributed by atoms with Gasteiger partial charge in [-0.1, -0.05) is 32.0 Å². The Kier molecular flexibility index (Phi) is 4.01. The molecule has 1 aliphatic heterocycles. The monoisotopic (exact) mass is 279 g/mol. The van der Waals surface area contributed by atoms with Crippen molar-refractivity contribution in [2.24, 2.45) is 11.8 Å². The van der Waals surface area contributed by atoms with Crippen molar-refractivity contribution < 1.29 is 19.5 Å². The molecule has 0 bridgehead atoms. The summed E-state index contributed by atoms with van der Waals surface area (Å²) in [5.74, 6) is -2.70. The highest BCUT2D eigenvalue weighted by Gasteiger charge is 2.56. The zero-order valence-electron chi connectivity index (χ0n) is 12.2. The maximum atomic E-state index is 12.0. The lowest BCUT2D eigenvalue weighted by Crippen LogP contribution is -2.44. The molecular weight excluding hydrogens is 258 g/mol. The third-order valence-corrected chi connectivity index (χ3v) is 3.62. The molecule has 1 saturated heterocycles. The fourth-order valence-corrected chi connectivity index (χ4v) is 2.71. The maximum Gasteiger partial charge on any atom is 0.316 e. The van der Waals surface area contributed by atoms with E-state index in [1.807, 2.05) is 44.2 Å². The molecule has 110 valence electrons. The molecule has 0 saturated carbocycles. The summed E-state index contributed by atoms with van der Waals surface area (Å²) >= 11 is 0. The number of hydrogen-bond donors (Lipinski definition) is 1. The Labute approximate surface area is 119 Å². The van der Waals surface area contributed by atoms with E-state index < -0.39 is 17.7 Å². The molecule has 20 heavy (non-hydrogen) atoms. The normalized spacial score (nSPS) is 29.8. The number of aliphatic hydroxyl groups is 1. The minimum absolute atomic E-state index is 0.105. The number of methoxy groups -OCH3 is 1. The molecule has 0 unspecified atom stereocenters. The predicted octanol–water partition coefficient (Wildman–Crippen LogP) is 1.96. The molecule has 1 N–H and O–H groups in total. The van der Waals surface area contributed by atoms with Gasteiger partial charge in [0.2, 0.25) is 5.79 Å². The molecule has 3 atom stereocenters. The number of esters is 1. The third kappa shape index (κ3) is 2.51. The van der Waals surface area contributed by atoms with Gasteiger partial charge in [-0.15, -0.1) is 0 Å². The molecule has 2 rings (SSSR count). The number of nitrogens with zero attached hydrogens (tertiary/aromatic N) is 1. The Morgan fingerprint density at radius 1 is 1.40 bits per heavy atom. The average molecular weight is 279 g/mol. The Hall–Kier alpha value is -1.59. The summed E-state index contributed by atoms with van der Waals surface area (Å²) < 4.78 is 4.83. The first kappa shape index (κ1) is 14.8. The van der Waals surface area contributed by atoms with E-state index in [4.69, 9.17) is 9.57 Å². The molecule has 5 heteroatoms. The molecule has 1 aliphatic rings. The van der Waals surface area contributed by atoms with Gasteiger partial charge >= 0.3 is 5.97 Å². The number of hydrogen-bond acceptors (Lipinski definition) is 5. The fourth-order valence-electron chi connectivity index (χ4n) is 2.71. The van der Waals surface area contributed by atoms with Crippen molar-refractivity contribution in [1.82, 2.24) is 0 Å². The van der Waals surface area contributed by atoms with Crippen LogP contribution in [0.25, 0.3) is 0 Å². The summed E-state index contributed by atoms with van der Waals surface area (Å²) in [4.78, 5) is 17.7. The third-order valence-electron chi connectivity index (χ3n) is 3.62. The average Bonchev–Trinajstić information content (AvgIpc) is 2.71. The van der Waals surface area contributed by atoms with Crippen LogP contribution in [0.5, 0.6) is 0 Å². The maximum absolute atomic E-state index is 12.0. The first-order chi connectivity index (χ1) is 9.38. The summed E-state index contributed by atoms with van der Waals surface area (Å²) in [6.45, 7) is 5.47. The van der Waals surface area contributed by atoms with Gasteiger partial charge in [0.1, 0.15) is 5.92 Å². The molecule has 0 radical (unpaired) electrons. The first-order valence-corrected chi connectivity index (χ1v) is 6.72. The number of rotatable bonds is 3. The Bertz CT molecular complexity index is 472. The first-order valence-electron chi connectivity index (χ1n) is 6.72. The minimum atomic E-state index is -1.59. The molecule has 1 aromatic rings. The number of anilines is 1. The molecule has 5 nitrogen and oxygen atoms in total. The fraction of sp³-hybridized carbons (Fsp3) is 0.533. The second-order valence-corrected chi connectivity index (χ2v) is 5.54. The van der Waals surface area contributed by atoms with Crippen LogP contribution in [-0.4, -0.2) is 30.0 Å². The second kappa shape index (κ2) is 5.42. The summed E-state index contributed by atoms with van der Waals surface area (Å²) in [5.41, 5.74) is 0.804. The van der Waals surface area contributed by atoms with Crippen molar-refractivity contribution in [1.29, 1.82) is 0 Å². The van der Waals surface area contributed by atoms with Crippen LogP contribution in [0.15, 0.2) is 30.3 Å². The summed E-state index contributed by atoms with van der Waals surface area (Å²) in [6, 6.07) is 9.14. The number of ether oxygens (including phenoxy) is 1. The number of benzene rings is 1. The van der Waals surface area contributed by atoms with Gasteiger partial charge in [0, 0.05) is 0 Å². The molecular formula is C15H21NO4. The molecule has 1 aromatic carbocycles. The van der Waals surface area contributed by atoms with E-state index in [1.165, 1.54) is 14.0 Å². The van der Waals surface area contributed by atoms with E-state index in [0.717, 1.165) is 5.69 Å². The van der Waals surface area contributed by atoms with Crippen LogP contribution in [0.3, 0.4) is 0 Å².